The highest BCUT2D eigenvalue weighted by atomic mass is 32.1. The normalized spacial score (nSPS) is 29.3. The third-order valence-electron chi connectivity index (χ3n) is 3.31. The van der Waals surface area contributed by atoms with Crippen molar-refractivity contribution in [3.63, 3.8) is 0 Å². The molecule has 4 heteroatoms. The molecule has 0 aromatic carbocycles. The zero-order valence-corrected chi connectivity index (χ0v) is 9.26. The van der Waals surface area contributed by atoms with Gasteiger partial charge in [-0.2, -0.15) is 0 Å². The van der Waals surface area contributed by atoms with Crippen LogP contribution in [0.5, 0.6) is 0 Å². The van der Waals surface area contributed by atoms with Crippen molar-refractivity contribution in [3.8, 4) is 0 Å². The van der Waals surface area contributed by atoms with Gasteiger partial charge in [-0.15, -0.1) is 11.3 Å². The van der Waals surface area contributed by atoms with Gasteiger partial charge >= 0.3 is 0 Å². The predicted molar refractivity (Wildman–Crippen MR) is 58.7 cm³/mol. The number of aromatic nitrogens is 1. The first kappa shape index (κ1) is 10.1. The highest BCUT2D eigenvalue weighted by Gasteiger charge is 2.32. The van der Waals surface area contributed by atoms with Gasteiger partial charge in [0.2, 0.25) is 0 Å². The lowest BCUT2D eigenvalue weighted by Gasteiger charge is -2.24. The standard InChI is InChI=1S/C10H17N3S/c1-7-3-2-4-8(7)10(13-11)9-5-14-6-12-9/h5-8,10,13H,2-4,11H2,1H3. The third kappa shape index (κ3) is 1.82. The second-order valence-corrected chi connectivity index (χ2v) is 4.85. The molecule has 0 radical (unpaired) electrons. The van der Waals surface area contributed by atoms with E-state index in [-0.39, 0.29) is 6.04 Å². The van der Waals surface area contributed by atoms with Crippen LogP contribution in [0, 0.1) is 11.8 Å². The summed E-state index contributed by atoms with van der Waals surface area (Å²) in [5.41, 5.74) is 5.90. The zero-order chi connectivity index (χ0) is 9.97. The van der Waals surface area contributed by atoms with Crippen molar-refractivity contribution in [2.45, 2.75) is 32.2 Å². The molecule has 0 bridgehead atoms. The first-order chi connectivity index (χ1) is 6.83. The summed E-state index contributed by atoms with van der Waals surface area (Å²) in [5.74, 6) is 7.04. The molecule has 3 nitrogen and oxygen atoms in total. The van der Waals surface area contributed by atoms with Crippen LogP contribution >= 0.6 is 11.3 Å². The summed E-state index contributed by atoms with van der Waals surface area (Å²) in [6.45, 7) is 2.31. The summed E-state index contributed by atoms with van der Waals surface area (Å²) in [7, 11) is 0. The molecular formula is C10H17N3S. The van der Waals surface area contributed by atoms with E-state index in [1.54, 1.807) is 11.3 Å². The Kier molecular flexibility index (Phi) is 3.15. The van der Waals surface area contributed by atoms with Crippen LogP contribution in [-0.2, 0) is 0 Å². The average Bonchev–Trinajstić information content (AvgIpc) is 2.80. The maximum atomic E-state index is 5.62. The number of hydrogen-bond acceptors (Lipinski definition) is 4. The Bertz CT molecular complexity index is 273. The van der Waals surface area contributed by atoms with Crippen LogP contribution in [0.3, 0.4) is 0 Å². The Morgan fingerprint density at radius 2 is 2.50 bits per heavy atom. The first-order valence-corrected chi connectivity index (χ1v) is 6.11. The van der Waals surface area contributed by atoms with Crippen molar-refractivity contribution in [1.82, 2.24) is 10.4 Å². The minimum absolute atomic E-state index is 0.249. The molecular weight excluding hydrogens is 194 g/mol. The fourth-order valence-electron chi connectivity index (χ4n) is 2.47. The predicted octanol–water partition coefficient (Wildman–Crippen LogP) is 2.08. The molecule has 3 atom stereocenters. The van der Waals surface area contributed by atoms with Crippen LogP contribution in [0.2, 0.25) is 0 Å². The molecule has 0 spiro atoms. The maximum absolute atomic E-state index is 5.62. The van der Waals surface area contributed by atoms with Gasteiger partial charge in [0.15, 0.2) is 0 Å². The molecule has 0 amide bonds. The van der Waals surface area contributed by atoms with E-state index in [1.807, 2.05) is 5.51 Å². The molecule has 2 rings (SSSR count). The SMILES string of the molecule is CC1CCCC1C(NN)c1cscn1. The van der Waals surface area contributed by atoms with Crippen LogP contribution in [0.15, 0.2) is 10.9 Å². The van der Waals surface area contributed by atoms with Crippen molar-refractivity contribution in [2.24, 2.45) is 17.7 Å². The minimum Gasteiger partial charge on any atom is -0.271 e. The van der Waals surface area contributed by atoms with E-state index in [0.717, 1.165) is 11.6 Å². The van der Waals surface area contributed by atoms with Crippen molar-refractivity contribution in [2.75, 3.05) is 0 Å². The Labute approximate surface area is 88.7 Å². The van der Waals surface area contributed by atoms with Crippen LogP contribution in [0.25, 0.3) is 0 Å². The molecule has 78 valence electrons. The lowest BCUT2D eigenvalue weighted by molar-refractivity contribution is 0.300. The molecule has 1 aromatic heterocycles. The highest BCUT2D eigenvalue weighted by molar-refractivity contribution is 7.07. The van der Waals surface area contributed by atoms with E-state index in [4.69, 9.17) is 5.84 Å². The van der Waals surface area contributed by atoms with Crippen LogP contribution in [0.1, 0.15) is 37.9 Å². The largest absolute Gasteiger partial charge is 0.271 e. The monoisotopic (exact) mass is 211 g/mol. The summed E-state index contributed by atoms with van der Waals surface area (Å²) in [6.07, 6.45) is 3.93. The molecule has 1 heterocycles. The first-order valence-electron chi connectivity index (χ1n) is 5.17. The third-order valence-corrected chi connectivity index (χ3v) is 3.91. The van der Waals surface area contributed by atoms with Crippen molar-refractivity contribution in [3.05, 3.63) is 16.6 Å². The average molecular weight is 211 g/mol. The number of nitrogens with two attached hydrogens (primary N) is 1. The van der Waals surface area contributed by atoms with Gasteiger partial charge in [0.1, 0.15) is 0 Å². The number of nitrogens with one attached hydrogen (secondary N) is 1. The fourth-order valence-corrected chi connectivity index (χ4v) is 3.06. The molecule has 1 aliphatic carbocycles. The number of hydrazine groups is 1. The van der Waals surface area contributed by atoms with Crippen molar-refractivity contribution < 1.29 is 0 Å². The molecule has 0 aliphatic heterocycles. The van der Waals surface area contributed by atoms with Gasteiger partial charge in [0.05, 0.1) is 17.2 Å². The van der Waals surface area contributed by atoms with Crippen LogP contribution in [-0.4, -0.2) is 4.98 Å². The van der Waals surface area contributed by atoms with E-state index in [9.17, 15) is 0 Å². The Morgan fingerprint density at radius 3 is 3.00 bits per heavy atom. The van der Waals surface area contributed by atoms with Gasteiger partial charge in [-0.05, 0) is 18.3 Å². The van der Waals surface area contributed by atoms with E-state index in [2.05, 4.69) is 22.7 Å². The smallest absolute Gasteiger partial charge is 0.0795 e. The van der Waals surface area contributed by atoms with E-state index < -0.39 is 0 Å². The van der Waals surface area contributed by atoms with Crippen molar-refractivity contribution in [1.29, 1.82) is 0 Å². The van der Waals surface area contributed by atoms with Crippen LogP contribution in [0.4, 0.5) is 0 Å². The van der Waals surface area contributed by atoms with E-state index in [1.165, 1.54) is 19.3 Å². The summed E-state index contributed by atoms with van der Waals surface area (Å²) in [4.78, 5) is 4.34. The number of nitrogens with zero attached hydrogens (tertiary/aromatic N) is 1. The van der Waals surface area contributed by atoms with Gasteiger partial charge in [-0.1, -0.05) is 19.8 Å². The summed E-state index contributed by atoms with van der Waals surface area (Å²) in [6, 6.07) is 0.249. The number of rotatable bonds is 3. The zero-order valence-electron chi connectivity index (χ0n) is 8.44. The Hall–Kier alpha value is -0.450. The molecule has 14 heavy (non-hydrogen) atoms. The molecule has 1 aromatic rings. The van der Waals surface area contributed by atoms with Gasteiger partial charge < -0.3 is 0 Å². The summed E-state index contributed by atoms with van der Waals surface area (Å²) in [5, 5.41) is 2.09. The molecule has 1 aliphatic rings. The lowest BCUT2D eigenvalue weighted by atomic mass is 9.89. The molecule has 0 saturated heterocycles. The summed E-state index contributed by atoms with van der Waals surface area (Å²) >= 11 is 1.64. The lowest BCUT2D eigenvalue weighted by Crippen LogP contribution is -2.34. The van der Waals surface area contributed by atoms with E-state index >= 15 is 0 Å². The quantitative estimate of drug-likeness (QED) is 0.594. The number of hydrogen-bond donors (Lipinski definition) is 2. The van der Waals surface area contributed by atoms with Gasteiger partial charge in [0, 0.05) is 5.38 Å². The van der Waals surface area contributed by atoms with Crippen molar-refractivity contribution >= 4 is 11.3 Å². The molecule has 1 saturated carbocycles. The second kappa shape index (κ2) is 4.38. The van der Waals surface area contributed by atoms with Gasteiger partial charge in [-0.25, -0.2) is 4.98 Å². The second-order valence-electron chi connectivity index (χ2n) is 4.13. The van der Waals surface area contributed by atoms with E-state index in [0.29, 0.717) is 5.92 Å². The van der Waals surface area contributed by atoms with Crippen LogP contribution < -0.4 is 11.3 Å². The number of thiazole rings is 1. The van der Waals surface area contributed by atoms with Gasteiger partial charge in [0.25, 0.3) is 0 Å². The minimum atomic E-state index is 0.249. The highest BCUT2D eigenvalue weighted by Crippen LogP contribution is 2.39. The topological polar surface area (TPSA) is 50.9 Å². The molecule has 3 unspecified atom stereocenters. The fraction of sp³-hybridized carbons (Fsp3) is 0.700. The summed E-state index contributed by atoms with van der Waals surface area (Å²) < 4.78 is 0. The van der Waals surface area contributed by atoms with Gasteiger partial charge in [-0.3, -0.25) is 11.3 Å². The molecule has 3 N–H and O–H groups in total. The Balaban J connectivity index is 2.13. The maximum Gasteiger partial charge on any atom is 0.0795 e. The Morgan fingerprint density at radius 1 is 1.64 bits per heavy atom. The molecule has 1 fully saturated rings.